The predicted molar refractivity (Wildman–Crippen MR) is 127 cm³/mol. The van der Waals surface area contributed by atoms with Crippen LogP contribution in [-0.4, -0.2) is 59.8 Å². The van der Waals surface area contributed by atoms with Crippen LogP contribution >= 0.6 is 0 Å². The summed E-state index contributed by atoms with van der Waals surface area (Å²) >= 11 is 0. The first-order valence-corrected chi connectivity index (χ1v) is 11.5. The van der Waals surface area contributed by atoms with Crippen molar-refractivity contribution in [1.29, 1.82) is 0 Å². The molecule has 1 aromatic carbocycles. The van der Waals surface area contributed by atoms with E-state index >= 15 is 0 Å². The number of nitrogens with zero attached hydrogens (tertiary/aromatic N) is 5. The summed E-state index contributed by atoms with van der Waals surface area (Å²) in [6.45, 7) is 8.68. The third-order valence-electron chi connectivity index (χ3n) is 6.44. The second kappa shape index (κ2) is 9.96. The molecule has 32 heavy (non-hydrogen) atoms. The van der Waals surface area contributed by atoms with E-state index in [9.17, 15) is 4.39 Å². The predicted octanol–water partition coefficient (Wildman–Crippen LogP) is 4.61. The quantitative estimate of drug-likeness (QED) is 0.513. The molecular formula is C25H34FN5O. The van der Waals surface area contributed by atoms with Crippen molar-refractivity contribution in [3.63, 3.8) is 0 Å². The fourth-order valence-corrected chi connectivity index (χ4v) is 4.49. The third kappa shape index (κ3) is 4.94. The summed E-state index contributed by atoms with van der Waals surface area (Å²) in [7, 11) is 3.78. The van der Waals surface area contributed by atoms with Crippen LogP contribution in [0.3, 0.4) is 0 Å². The number of imidazole rings is 1. The molecule has 0 atom stereocenters. The van der Waals surface area contributed by atoms with Crippen LogP contribution in [0.5, 0.6) is 0 Å². The van der Waals surface area contributed by atoms with Gasteiger partial charge in [0.05, 0.1) is 18.5 Å². The molecule has 0 saturated carbocycles. The highest BCUT2D eigenvalue weighted by Crippen LogP contribution is 2.33. The Morgan fingerprint density at radius 1 is 1.19 bits per heavy atom. The van der Waals surface area contributed by atoms with Crippen molar-refractivity contribution in [2.24, 2.45) is 0 Å². The first kappa shape index (κ1) is 22.7. The van der Waals surface area contributed by atoms with Crippen molar-refractivity contribution >= 4 is 16.9 Å². The second-order valence-corrected chi connectivity index (χ2v) is 9.08. The highest BCUT2D eigenvalue weighted by Gasteiger charge is 2.25. The first-order valence-electron chi connectivity index (χ1n) is 11.5. The van der Waals surface area contributed by atoms with Crippen LogP contribution in [0, 0.1) is 5.82 Å². The minimum atomic E-state index is -0.180. The summed E-state index contributed by atoms with van der Waals surface area (Å²) in [4.78, 5) is 14.4. The molecule has 172 valence electrons. The molecular weight excluding hydrogens is 405 g/mol. The van der Waals surface area contributed by atoms with Gasteiger partial charge in [-0.3, -0.25) is 4.90 Å². The van der Waals surface area contributed by atoms with E-state index in [1.54, 1.807) is 19.2 Å². The van der Waals surface area contributed by atoms with Crippen LogP contribution < -0.4 is 4.90 Å². The van der Waals surface area contributed by atoms with Gasteiger partial charge in [-0.15, -0.1) is 0 Å². The molecule has 1 aliphatic heterocycles. The van der Waals surface area contributed by atoms with Crippen molar-refractivity contribution in [1.82, 2.24) is 19.4 Å². The fourth-order valence-electron chi connectivity index (χ4n) is 4.49. The first-order chi connectivity index (χ1) is 15.5. The summed E-state index contributed by atoms with van der Waals surface area (Å²) in [5.74, 6) is 1.18. The van der Waals surface area contributed by atoms with Gasteiger partial charge in [-0.05, 0) is 63.5 Å². The number of fused-ring (bicyclic) bond motifs is 1. The molecule has 0 aliphatic carbocycles. The maximum absolute atomic E-state index is 13.2. The number of hydrogen-bond acceptors (Lipinski definition) is 5. The average molecular weight is 440 g/mol. The van der Waals surface area contributed by atoms with Crippen molar-refractivity contribution in [3.8, 4) is 0 Å². The molecule has 0 radical (unpaired) electrons. The van der Waals surface area contributed by atoms with Crippen molar-refractivity contribution < 1.29 is 9.13 Å². The molecule has 1 saturated heterocycles. The van der Waals surface area contributed by atoms with Crippen molar-refractivity contribution in [2.75, 3.05) is 45.3 Å². The Morgan fingerprint density at radius 3 is 2.56 bits per heavy atom. The van der Waals surface area contributed by atoms with Gasteiger partial charge >= 0.3 is 0 Å². The van der Waals surface area contributed by atoms with Gasteiger partial charge < -0.3 is 14.2 Å². The number of methoxy groups -OCH3 is 1. The van der Waals surface area contributed by atoms with Gasteiger partial charge in [-0.1, -0.05) is 12.1 Å². The molecule has 0 N–H and O–H groups in total. The summed E-state index contributed by atoms with van der Waals surface area (Å²) < 4.78 is 20.7. The average Bonchev–Trinajstić information content (AvgIpc) is 3.23. The van der Waals surface area contributed by atoms with E-state index < -0.39 is 0 Å². The molecule has 7 heteroatoms. The third-order valence-corrected chi connectivity index (χ3v) is 6.44. The zero-order chi connectivity index (χ0) is 22.7. The van der Waals surface area contributed by atoms with E-state index in [2.05, 4.69) is 41.3 Å². The zero-order valence-electron chi connectivity index (χ0n) is 19.6. The van der Waals surface area contributed by atoms with Crippen LogP contribution in [0.15, 0.2) is 36.7 Å². The molecule has 0 spiro atoms. The number of hydrogen-bond donors (Lipinski definition) is 0. The minimum absolute atomic E-state index is 0.180. The number of halogens is 1. The number of benzene rings is 1. The summed E-state index contributed by atoms with van der Waals surface area (Å²) in [6.07, 6.45) is 4.06. The van der Waals surface area contributed by atoms with Gasteiger partial charge in [0, 0.05) is 44.9 Å². The molecule has 1 aliphatic rings. The number of ether oxygens (including phenoxy) is 1. The summed E-state index contributed by atoms with van der Waals surface area (Å²) in [5, 5.41) is 0. The summed E-state index contributed by atoms with van der Waals surface area (Å²) in [5.41, 5.74) is 4.42. The minimum Gasteiger partial charge on any atom is -0.383 e. The van der Waals surface area contributed by atoms with E-state index in [-0.39, 0.29) is 5.82 Å². The normalized spacial score (nSPS) is 15.7. The lowest BCUT2D eigenvalue weighted by molar-refractivity contribution is 0.203. The number of likely N-dealkylation sites (N-methyl/N-ethyl adjacent to an activating group) is 1. The number of pyridine rings is 1. The highest BCUT2D eigenvalue weighted by molar-refractivity contribution is 5.87. The van der Waals surface area contributed by atoms with Crippen LogP contribution in [0.25, 0.3) is 11.0 Å². The smallest absolute Gasteiger partial charge is 0.156 e. The Morgan fingerprint density at radius 2 is 1.91 bits per heavy atom. The molecule has 6 nitrogen and oxygen atoms in total. The summed E-state index contributed by atoms with van der Waals surface area (Å²) in [6, 6.07) is 9.43. The van der Waals surface area contributed by atoms with E-state index in [0.717, 1.165) is 67.1 Å². The van der Waals surface area contributed by atoms with E-state index in [1.807, 2.05) is 18.5 Å². The number of aromatic nitrogens is 3. The largest absolute Gasteiger partial charge is 0.383 e. The number of anilines is 1. The Labute approximate surface area is 190 Å². The van der Waals surface area contributed by atoms with Gasteiger partial charge in [-0.25, -0.2) is 14.4 Å². The van der Waals surface area contributed by atoms with Crippen LogP contribution in [0.1, 0.15) is 49.9 Å². The SMILES string of the molecule is COCCN(C)c1nc(C2CCN(Cc3ccc(F)cc3)CC2)cc2c1ncn2C(C)C. The molecule has 3 aromatic rings. The van der Waals surface area contributed by atoms with Crippen LogP contribution in [0.2, 0.25) is 0 Å². The monoisotopic (exact) mass is 439 g/mol. The number of rotatable bonds is 8. The second-order valence-electron chi connectivity index (χ2n) is 9.08. The topological polar surface area (TPSA) is 46.4 Å². The molecule has 4 rings (SSSR count). The highest BCUT2D eigenvalue weighted by atomic mass is 19.1. The van der Waals surface area contributed by atoms with E-state index in [1.165, 1.54) is 0 Å². The van der Waals surface area contributed by atoms with Gasteiger partial charge in [0.1, 0.15) is 11.3 Å². The van der Waals surface area contributed by atoms with Crippen molar-refractivity contribution in [3.05, 3.63) is 53.7 Å². The Balaban J connectivity index is 1.54. The van der Waals surface area contributed by atoms with Crippen LogP contribution in [-0.2, 0) is 11.3 Å². The van der Waals surface area contributed by atoms with E-state index in [4.69, 9.17) is 14.7 Å². The Hall–Kier alpha value is -2.51. The molecule has 0 amide bonds. The van der Waals surface area contributed by atoms with Gasteiger partial charge in [0.15, 0.2) is 5.82 Å². The molecule has 2 aromatic heterocycles. The van der Waals surface area contributed by atoms with Crippen LogP contribution in [0.4, 0.5) is 10.2 Å². The van der Waals surface area contributed by atoms with E-state index in [0.29, 0.717) is 18.6 Å². The number of piperidine rings is 1. The van der Waals surface area contributed by atoms with Gasteiger partial charge in [0.25, 0.3) is 0 Å². The lowest BCUT2D eigenvalue weighted by Gasteiger charge is -2.32. The standard InChI is InChI=1S/C25H34FN5O/c1-18(2)31-17-27-24-23(31)15-22(28-25(24)29(3)13-14-32-4)20-9-11-30(12-10-20)16-19-5-7-21(26)8-6-19/h5-8,15,17-18,20H,9-14,16H2,1-4H3. The molecule has 1 fully saturated rings. The maximum atomic E-state index is 13.2. The molecule has 3 heterocycles. The molecule has 0 bridgehead atoms. The van der Waals surface area contributed by atoms with Gasteiger partial charge in [0.2, 0.25) is 0 Å². The Kier molecular flexibility index (Phi) is 7.06. The maximum Gasteiger partial charge on any atom is 0.156 e. The van der Waals surface area contributed by atoms with Gasteiger partial charge in [-0.2, -0.15) is 0 Å². The lowest BCUT2D eigenvalue weighted by atomic mass is 9.92. The lowest BCUT2D eigenvalue weighted by Crippen LogP contribution is -2.33. The number of likely N-dealkylation sites (tertiary alicyclic amines) is 1. The Bertz CT molecular complexity index is 1020. The zero-order valence-corrected chi connectivity index (χ0v) is 19.6. The van der Waals surface area contributed by atoms with Crippen molar-refractivity contribution in [2.45, 2.75) is 45.2 Å². The molecule has 0 unspecified atom stereocenters. The fraction of sp³-hybridized carbons (Fsp3) is 0.520.